The summed E-state index contributed by atoms with van der Waals surface area (Å²) in [5.41, 5.74) is 4.37. The number of esters is 1. The fraction of sp³-hybridized carbons (Fsp3) is 0.290. The number of hydrazine groups is 2. The molecule has 4 unspecified atom stereocenters. The van der Waals surface area contributed by atoms with Crippen molar-refractivity contribution in [2.24, 2.45) is 0 Å². The highest BCUT2D eigenvalue weighted by Gasteiger charge is 2.62. The maximum absolute atomic E-state index is 14.4. The van der Waals surface area contributed by atoms with Gasteiger partial charge in [0.15, 0.2) is 0 Å². The molecule has 7 N–H and O–H groups in total. The number of methoxy groups -OCH3 is 2. The quantitative estimate of drug-likeness (QED) is 0.0303. The SMILES string of the molecule is COc1cc(-c2cnn(C(C)C(=O)NNc3ccc(C(=O)O)c(C(C)(C)C)n3)c2)c2c(c1)C(O)(C(F)(F)F)c1ccccc1-2.COc1cc(-c2cnn(C(C)C(=O)NNc3ccc(C(=O)OC(C)(C)C)cn3)c2)c2c(c1)C(O)(C(F)(F)F)c1ccccc1-2. The number of rotatable bonds is 14. The van der Waals surface area contributed by atoms with Gasteiger partial charge in [-0.3, -0.25) is 40.7 Å². The van der Waals surface area contributed by atoms with Gasteiger partial charge < -0.3 is 29.5 Å². The molecule has 2 aliphatic carbocycles. The van der Waals surface area contributed by atoms with Gasteiger partial charge in [-0.1, -0.05) is 69.3 Å². The lowest BCUT2D eigenvalue weighted by Gasteiger charge is -2.28. The third-order valence-corrected chi connectivity index (χ3v) is 14.7. The van der Waals surface area contributed by atoms with Crippen LogP contribution in [-0.2, 0) is 30.9 Å². The highest BCUT2D eigenvalue weighted by Crippen LogP contribution is 2.60. The second-order valence-electron chi connectivity index (χ2n) is 22.8. The van der Waals surface area contributed by atoms with Crippen LogP contribution >= 0.6 is 0 Å². The molecule has 20 nitrogen and oxygen atoms in total. The van der Waals surface area contributed by atoms with E-state index in [2.05, 4.69) is 41.9 Å². The van der Waals surface area contributed by atoms with Crippen LogP contribution in [0, 0.1) is 0 Å². The molecule has 460 valence electrons. The molecule has 26 heteroatoms. The van der Waals surface area contributed by atoms with E-state index in [1.165, 1.54) is 127 Å². The molecule has 0 saturated heterocycles. The summed E-state index contributed by atoms with van der Waals surface area (Å²) in [5, 5.41) is 40.4. The average molecular weight is 1220 g/mol. The van der Waals surface area contributed by atoms with Crippen LogP contribution in [-0.4, -0.2) is 101 Å². The van der Waals surface area contributed by atoms with Crippen LogP contribution in [0.1, 0.15) is 116 Å². The molecule has 4 aromatic heterocycles. The van der Waals surface area contributed by atoms with Gasteiger partial charge in [0.05, 0.1) is 43.4 Å². The van der Waals surface area contributed by atoms with Crippen molar-refractivity contribution in [3.8, 4) is 56.0 Å². The van der Waals surface area contributed by atoms with Crippen LogP contribution in [0.4, 0.5) is 38.0 Å². The first kappa shape index (κ1) is 62.7. The second-order valence-corrected chi connectivity index (χ2v) is 22.8. The Balaban J connectivity index is 0.000000209. The van der Waals surface area contributed by atoms with E-state index < -0.39 is 70.4 Å². The van der Waals surface area contributed by atoms with Crippen molar-refractivity contribution in [3.63, 3.8) is 0 Å². The molecule has 4 aromatic carbocycles. The summed E-state index contributed by atoms with van der Waals surface area (Å²) in [6, 6.07) is 21.2. The predicted molar refractivity (Wildman–Crippen MR) is 310 cm³/mol. The number of amides is 2. The molecule has 0 bridgehead atoms. The Hall–Kier alpha value is -9.82. The third kappa shape index (κ3) is 11.7. The van der Waals surface area contributed by atoms with Gasteiger partial charge >= 0.3 is 24.3 Å². The minimum Gasteiger partial charge on any atom is -0.497 e. The maximum Gasteiger partial charge on any atom is 0.425 e. The van der Waals surface area contributed by atoms with Crippen LogP contribution in [0.25, 0.3) is 44.5 Å². The smallest absolute Gasteiger partial charge is 0.425 e. The number of carbonyl (C=O) groups excluding carboxylic acids is 3. The van der Waals surface area contributed by atoms with Crippen molar-refractivity contribution in [3.05, 3.63) is 167 Å². The topological polar surface area (TPSA) is 266 Å². The molecule has 4 heterocycles. The molecule has 4 atom stereocenters. The number of anilines is 2. The van der Waals surface area contributed by atoms with E-state index in [4.69, 9.17) is 14.2 Å². The molecule has 0 aliphatic heterocycles. The summed E-state index contributed by atoms with van der Waals surface area (Å²) in [5.74, 6) is -1.95. The van der Waals surface area contributed by atoms with Crippen LogP contribution in [0.5, 0.6) is 11.5 Å². The number of aliphatic hydroxyl groups is 2. The number of hydrogen-bond donors (Lipinski definition) is 7. The number of pyridine rings is 2. The van der Waals surface area contributed by atoms with Gasteiger partial charge in [0.1, 0.15) is 40.8 Å². The minimum atomic E-state index is -5.02. The van der Waals surface area contributed by atoms with E-state index in [1.807, 2.05) is 20.8 Å². The Morgan fingerprint density at radius 1 is 0.580 bits per heavy atom. The Morgan fingerprint density at radius 2 is 1.02 bits per heavy atom. The Bertz CT molecular complexity index is 4020. The van der Waals surface area contributed by atoms with Crippen LogP contribution in [0.15, 0.2) is 128 Å². The van der Waals surface area contributed by atoms with Gasteiger partial charge in [0, 0.05) is 57.4 Å². The second kappa shape index (κ2) is 23.1. The van der Waals surface area contributed by atoms with Crippen molar-refractivity contribution in [1.82, 2.24) is 40.4 Å². The average Bonchev–Trinajstić information content (AvgIpc) is 1.56. The highest BCUT2D eigenvalue weighted by molar-refractivity contribution is 5.95. The number of carboxylic acids is 1. The van der Waals surface area contributed by atoms with Crippen molar-refractivity contribution in [2.45, 2.75) is 102 Å². The number of nitrogens with one attached hydrogen (secondary N) is 4. The number of nitrogens with zero attached hydrogens (tertiary/aromatic N) is 6. The van der Waals surface area contributed by atoms with Gasteiger partial charge in [0.2, 0.25) is 11.2 Å². The van der Waals surface area contributed by atoms with E-state index in [-0.39, 0.29) is 78.8 Å². The molecular formula is C62H60F6N10O10. The van der Waals surface area contributed by atoms with Crippen molar-refractivity contribution in [1.29, 1.82) is 0 Å². The molecule has 0 saturated carbocycles. The first-order valence-electron chi connectivity index (χ1n) is 27.1. The van der Waals surface area contributed by atoms with Gasteiger partial charge in [0.25, 0.3) is 11.8 Å². The molecule has 8 aromatic rings. The number of aromatic nitrogens is 6. The van der Waals surface area contributed by atoms with E-state index in [0.717, 1.165) is 0 Å². The van der Waals surface area contributed by atoms with Crippen molar-refractivity contribution in [2.75, 3.05) is 25.1 Å². The number of carboxylic acid groups (broad SMARTS) is 1. The van der Waals surface area contributed by atoms with Gasteiger partial charge in [-0.15, -0.1) is 0 Å². The number of alkyl halides is 6. The maximum atomic E-state index is 14.4. The fourth-order valence-corrected chi connectivity index (χ4v) is 10.3. The van der Waals surface area contributed by atoms with E-state index in [9.17, 15) is 60.8 Å². The summed E-state index contributed by atoms with van der Waals surface area (Å²) in [6.45, 7) is 13.9. The first-order valence-corrected chi connectivity index (χ1v) is 27.1. The minimum absolute atomic E-state index is 0.0483. The zero-order chi connectivity index (χ0) is 64.2. The van der Waals surface area contributed by atoms with Crippen LogP contribution in [0.3, 0.4) is 0 Å². The Labute approximate surface area is 499 Å². The van der Waals surface area contributed by atoms with E-state index in [1.54, 1.807) is 58.9 Å². The third-order valence-electron chi connectivity index (χ3n) is 14.7. The molecule has 88 heavy (non-hydrogen) atoms. The lowest BCUT2D eigenvalue weighted by molar-refractivity contribution is -0.247. The lowest BCUT2D eigenvalue weighted by Crippen LogP contribution is -2.41. The Morgan fingerprint density at radius 3 is 1.42 bits per heavy atom. The molecule has 2 amide bonds. The number of carbonyl (C=O) groups is 4. The zero-order valence-electron chi connectivity index (χ0n) is 48.9. The number of hydrogen-bond acceptors (Lipinski definition) is 15. The number of benzene rings is 4. The number of halogens is 6. The largest absolute Gasteiger partial charge is 0.497 e. The van der Waals surface area contributed by atoms with Crippen molar-refractivity contribution < 1.29 is 75.1 Å². The number of aromatic carboxylic acids is 1. The molecule has 2 aliphatic rings. The standard InChI is InChI=1S/2C31H30F3N5O5/c1-17(27(40)38-37-25-11-10-18(14-35-25)28(41)44-29(2,3)4)39-16-19(15-36-39)22-12-20(43-5)13-24-26(22)21-8-6-7-9-23(21)30(24,42)31(32,33)34;1-16(27(40)38-37-24-11-10-20(28(41)42)26(36-24)29(2,3)4)39-15-17(14-35-39)21-12-18(44-5)13-23-25(21)19-8-6-7-9-22(19)30(23,43)31(32,33)34/h6-17,42H,1-5H3,(H,35,37)(H,38,40);6-16,43H,1-5H3,(H,36,37)(H,38,40)(H,41,42). The first-order chi connectivity index (χ1) is 41.2. The van der Waals surface area contributed by atoms with Crippen LogP contribution < -0.4 is 31.2 Å². The molecule has 0 spiro atoms. The van der Waals surface area contributed by atoms with Gasteiger partial charge in [-0.25, -0.2) is 19.6 Å². The van der Waals surface area contributed by atoms with Crippen LogP contribution in [0.2, 0.25) is 0 Å². The van der Waals surface area contributed by atoms with Gasteiger partial charge in [-0.05, 0) is 117 Å². The number of fused-ring (bicyclic) bond motifs is 6. The summed E-state index contributed by atoms with van der Waals surface area (Å²) in [7, 11) is 2.64. The molecular weight excluding hydrogens is 1160 g/mol. The summed E-state index contributed by atoms with van der Waals surface area (Å²) >= 11 is 0. The lowest BCUT2D eigenvalue weighted by atomic mass is 9.88. The molecule has 0 radical (unpaired) electrons. The van der Waals surface area contributed by atoms with Gasteiger partial charge in [-0.2, -0.15) is 36.5 Å². The monoisotopic (exact) mass is 1220 g/mol. The summed E-state index contributed by atoms with van der Waals surface area (Å²) in [4.78, 5) is 58.3. The number of ether oxygens (including phenoxy) is 3. The van der Waals surface area contributed by atoms with E-state index >= 15 is 0 Å². The van der Waals surface area contributed by atoms with Crippen molar-refractivity contribution >= 4 is 35.4 Å². The van der Waals surface area contributed by atoms with E-state index in [0.29, 0.717) is 27.9 Å². The summed E-state index contributed by atoms with van der Waals surface area (Å²) < 4.78 is 105. The zero-order valence-corrected chi connectivity index (χ0v) is 48.9. The normalized spacial score (nSPS) is 16.5. The molecule has 0 fully saturated rings. The molecule has 10 rings (SSSR count). The Kier molecular flexibility index (Phi) is 16.5. The predicted octanol–water partition coefficient (Wildman–Crippen LogP) is 10.8. The summed E-state index contributed by atoms with van der Waals surface area (Å²) in [6.07, 6.45) is -2.81. The highest BCUT2D eigenvalue weighted by atomic mass is 19.4. The fourth-order valence-electron chi connectivity index (χ4n) is 10.3.